The molecule has 0 saturated heterocycles. The Kier molecular flexibility index (Phi) is 24.8. The molecule has 0 rings (SSSR count). The maximum atomic E-state index is 12.2. The number of unbranched alkanes of at least 4 members (excludes halogenated alkanes) is 10. The summed E-state index contributed by atoms with van der Waals surface area (Å²) in [6.45, 7) is 13.8. The molecule has 0 spiro atoms. The highest BCUT2D eigenvalue weighted by Gasteiger charge is 2.16. The lowest BCUT2D eigenvalue weighted by atomic mass is 9.95. The maximum absolute atomic E-state index is 12.2. The Hall–Kier alpha value is -0.130. The molecule has 0 fully saturated rings. The van der Waals surface area contributed by atoms with Crippen molar-refractivity contribution in [2.24, 2.45) is 23.7 Å². The summed E-state index contributed by atoms with van der Waals surface area (Å²) < 4.78 is 34.7. The number of hydrogen-bond acceptors (Lipinski definition) is 4. The van der Waals surface area contributed by atoms with Crippen molar-refractivity contribution < 1.29 is 16.8 Å². The monoisotopic (exact) mass is 546 g/mol. The Morgan fingerprint density at radius 2 is 0.703 bits per heavy atom. The fraction of sp³-hybridized carbons (Fsp3) is 1.00. The van der Waals surface area contributed by atoms with Gasteiger partial charge in [0.05, 0.1) is 13.2 Å². The van der Waals surface area contributed by atoms with E-state index in [1.165, 1.54) is 103 Å². The largest absolute Gasteiger partial charge is 0.399 e. The van der Waals surface area contributed by atoms with Crippen LogP contribution >= 0.6 is 0 Å². The van der Waals surface area contributed by atoms with Crippen LogP contribution in [0.2, 0.25) is 0 Å². The molecule has 5 heteroatoms. The summed E-state index contributed by atoms with van der Waals surface area (Å²) >= 11 is 0. The van der Waals surface area contributed by atoms with Gasteiger partial charge in [0, 0.05) is 0 Å². The van der Waals surface area contributed by atoms with E-state index in [-0.39, 0.29) is 25.0 Å². The van der Waals surface area contributed by atoms with Crippen molar-refractivity contribution in [1.82, 2.24) is 0 Å². The first-order valence-electron chi connectivity index (χ1n) is 16.2. The van der Waals surface area contributed by atoms with Crippen LogP contribution in [-0.2, 0) is 18.8 Å². The fourth-order valence-corrected chi connectivity index (χ4v) is 5.92. The summed E-state index contributed by atoms with van der Waals surface area (Å²) in [5.41, 5.74) is 0. The molecule has 0 aromatic heterocycles. The zero-order chi connectivity index (χ0) is 27.8. The van der Waals surface area contributed by atoms with Gasteiger partial charge in [0.15, 0.2) is 0 Å². The minimum Gasteiger partial charge on any atom is -0.248 e. The van der Waals surface area contributed by atoms with Crippen LogP contribution in [0.1, 0.15) is 170 Å². The van der Waals surface area contributed by atoms with Crippen LogP contribution in [0.25, 0.3) is 0 Å². The molecule has 0 bridgehead atoms. The molecule has 0 radical (unpaired) electrons. The van der Waals surface area contributed by atoms with Gasteiger partial charge < -0.3 is 0 Å². The standard InChI is InChI=1S/C32H66O4S/c1-7-9-11-13-15-21-29(3)23-17-19-25-31(5)27-35-37(33,34)36-28-32(6)26-20-18-24-30(4)22-16-14-12-10-8-2/h29-32H,7-28H2,1-6H3. The molecule has 37 heavy (non-hydrogen) atoms. The third-order valence-corrected chi connectivity index (χ3v) is 8.73. The van der Waals surface area contributed by atoms with E-state index in [1.807, 2.05) is 0 Å². The second-order valence-electron chi connectivity index (χ2n) is 12.4. The summed E-state index contributed by atoms with van der Waals surface area (Å²) in [5, 5.41) is 0. The zero-order valence-electron chi connectivity index (χ0n) is 25.9. The third-order valence-electron chi connectivity index (χ3n) is 7.88. The lowest BCUT2D eigenvalue weighted by Crippen LogP contribution is -2.18. The first-order chi connectivity index (χ1) is 17.7. The van der Waals surface area contributed by atoms with Gasteiger partial charge in [-0.2, -0.15) is 8.42 Å². The Labute approximate surface area is 233 Å². The molecule has 0 aromatic rings. The van der Waals surface area contributed by atoms with Crippen molar-refractivity contribution in [3.8, 4) is 0 Å². The smallest absolute Gasteiger partial charge is 0.248 e. The van der Waals surface area contributed by atoms with Crippen molar-refractivity contribution >= 4 is 10.4 Å². The Bertz CT molecular complexity index is 533. The fourth-order valence-electron chi connectivity index (χ4n) is 5.05. The summed E-state index contributed by atoms with van der Waals surface area (Å²) in [5.74, 6) is 2.06. The number of hydrogen-bond donors (Lipinski definition) is 0. The summed E-state index contributed by atoms with van der Waals surface area (Å²) in [6, 6.07) is 0. The highest BCUT2D eigenvalue weighted by atomic mass is 32.3. The van der Waals surface area contributed by atoms with Crippen LogP contribution in [-0.4, -0.2) is 21.6 Å². The van der Waals surface area contributed by atoms with Crippen molar-refractivity contribution in [1.29, 1.82) is 0 Å². The lowest BCUT2D eigenvalue weighted by Gasteiger charge is -2.15. The van der Waals surface area contributed by atoms with Crippen LogP contribution in [0.4, 0.5) is 0 Å². The summed E-state index contributed by atoms with van der Waals surface area (Å²) in [7, 11) is -3.89. The minimum atomic E-state index is -3.89. The van der Waals surface area contributed by atoms with E-state index in [2.05, 4.69) is 41.5 Å². The van der Waals surface area contributed by atoms with Crippen LogP contribution < -0.4 is 0 Å². The molecule has 0 aliphatic rings. The summed E-state index contributed by atoms with van der Waals surface area (Å²) in [6.07, 6.45) is 25.6. The quantitative estimate of drug-likeness (QED) is 0.0916. The van der Waals surface area contributed by atoms with Crippen LogP contribution in [0.5, 0.6) is 0 Å². The first kappa shape index (κ1) is 36.9. The molecular weight excluding hydrogens is 480 g/mol. The Morgan fingerprint density at radius 1 is 0.432 bits per heavy atom. The van der Waals surface area contributed by atoms with E-state index in [0.717, 1.165) is 37.5 Å². The minimum absolute atomic E-state index is 0.222. The highest BCUT2D eigenvalue weighted by molar-refractivity contribution is 7.81. The Balaban J connectivity index is 3.77. The molecule has 0 N–H and O–H groups in total. The third kappa shape index (κ3) is 25.9. The van der Waals surface area contributed by atoms with E-state index >= 15 is 0 Å². The second kappa shape index (κ2) is 24.9. The maximum Gasteiger partial charge on any atom is 0.399 e. The SMILES string of the molecule is CCCCCCCC(C)CCCCC(C)COS(=O)(=O)OCC(C)CCCCC(C)CCCCCCC. The van der Waals surface area contributed by atoms with Gasteiger partial charge >= 0.3 is 10.4 Å². The predicted molar refractivity (Wildman–Crippen MR) is 161 cm³/mol. The normalized spacial score (nSPS) is 15.5. The second-order valence-corrected chi connectivity index (χ2v) is 13.7. The molecular formula is C32H66O4S. The molecule has 4 nitrogen and oxygen atoms in total. The van der Waals surface area contributed by atoms with Gasteiger partial charge in [0.1, 0.15) is 0 Å². The molecule has 0 heterocycles. The van der Waals surface area contributed by atoms with Crippen LogP contribution in [0.15, 0.2) is 0 Å². The van der Waals surface area contributed by atoms with Crippen LogP contribution in [0, 0.1) is 23.7 Å². The van der Waals surface area contributed by atoms with Crippen molar-refractivity contribution in [2.75, 3.05) is 13.2 Å². The van der Waals surface area contributed by atoms with Crippen molar-refractivity contribution in [3.63, 3.8) is 0 Å². The lowest BCUT2D eigenvalue weighted by molar-refractivity contribution is 0.170. The Morgan fingerprint density at radius 3 is 1.03 bits per heavy atom. The van der Waals surface area contributed by atoms with E-state index in [9.17, 15) is 8.42 Å². The van der Waals surface area contributed by atoms with Crippen LogP contribution in [0.3, 0.4) is 0 Å². The van der Waals surface area contributed by atoms with Gasteiger partial charge in [-0.3, -0.25) is 0 Å². The van der Waals surface area contributed by atoms with E-state index < -0.39 is 10.4 Å². The average Bonchev–Trinajstić information content (AvgIpc) is 2.86. The first-order valence-corrected chi connectivity index (χ1v) is 17.6. The predicted octanol–water partition coefficient (Wildman–Crippen LogP) is 10.7. The van der Waals surface area contributed by atoms with Gasteiger partial charge in [-0.05, 0) is 36.5 Å². The molecule has 4 unspecified atom stereocenters. The molecule has 0 aliphatic heterocycles. The topological polar surface area (TPSA) is 52.6 Å². The molecule has 224 valence electrons. The van der Waals surface area contributed by atoms with E-state index in [4.69, 9.17) is 8.37 Å². The molecule has 0 saturated carbocycles. The van der Waals surface area contributed by atoms with Crippen molar-refractivity contribution in [3.05, 3.63) is 0 Å². The molecule has 0 aromatic carbocycles. The average molecular weight is 547 g/mol. The summed E-state index contributed by atoms with van der Waals surface area (Å²) in [4.78, 5) is 0. The highest BCUT2D eigenvalue weighted by Crippen LogP contribution is 2.21. The molecule has 4 atom stereocenters. The van der Waals surface area contributed by atoms with Gasteiger partial charge in [-0.15, -0.1) is 0 Å². The van der Waals surface area contributed by atoms with E-state index in [1.54, 1.807) is 0 Å². The van der Waals surface area contributed by atoms with Crippen molar-refractivity contribution in [2.45, 2.75) is 170 Å². The van der Waals surface area contributed by atoms with Gasteiger partial charge in [-0.25, -0.2) is 8.37 Å². The van der Waals surface area contributed by atoms with Gasteiger partial charge in [0.2, 0.25) is 0 Å². The van der Waals surface area contributed by atoms with Gasteiger partial charge in [0.25, 0.3) is 0 Å². The van der Waals surface area contributed by atoms with E-state index in [0.29, 0.717) is 0 Å². The molecule has 0 aliphatic carbocycles. The number of rotatable bonds is 28. The zero-order valence-corrected chi connectivity index (χ0v) is 26.7. The molecule has 0 amide bonds. The van der Waals surface area contributed by atoms with Gasteiger partial charge in [-0.1, -0.05) is 157 Å².